The quantitative estimate of drug-likeness (QED) is 0.789. The SMILES string of the molecule is c1ccc2c(c1)CC(CN1CCC1)CN2. The smallest absolute Gasteiger partial charge is 0.0372 e. The topological polar surface area (TPSA) is 15.3 Å². The summed E-state index contributed by atoms with van der Waals surface area (Å²) in [6.07, 6.45) is 2.65. The average molecular weight is 202 g/mol. The van der Waals surface area contributed by atoms with Gasteiger partial charge in [0, 0.05) is 18.8 Å². The van der Waals surface area contributed by atoms with E-state index in [9.17, 15) is 0 Å². The number of para-hydroxylation sites is 1. The van der Waals surface area contributed by atoms with Crippen LogP contribution >= 0.6 is 0 Å². The van der Waals surface area contributed by atoms with E-state index in [4.69, 9.17) is 0 Å². The van der Waals surface area contributed by atoms with E-state index in [1.807, 2.05) is 0 Å². The maximum absolute atomic E-state index is 3.54. The summed E-state index contributed by atoms with van der Waals surface area (Å²) in [6.45, 7) is 5.06. The van der Waals surface area contributed by atoms with Gasteiger partial charge in [0.25, 0.3) is 0 Å². The van der Waals surface area contributed by atoms with Crippen molar-refractivity contribution in [3.8, 4) is 0 Å². The average Bonchev–Trinajstić information content (AvgIpc) is 2.23. The van der Waals surface area contributed by atoms with E-state index in [1.165, 1.54) is 43.7 Å². The molecule has 1 atom stereocenters. The van der Waals surface area contributed by atoms with Crippen LogP contribution in [-0.4, -0.2) is 31.1 Å². The fourth-order valence-corrected chi connectivity index (χ4v) is 2.57. The first kappa shape index (κ1) is 9.22. The van der Waals surface area contributed by atoms with Gasteiger partial charge in [-0.15, -0.1) is 0 Å². The standard InChI is InChI=1S/C13H18N2/c1-2-5-13-12(4-1)8-11(9-14-13)10-15-6-3-7-15/h1-2,4-5,11,14H,3,6-10H2. The zero-order valence-electron chi connectivity index (χ0n) is 9.08. The highest BCUT2D eigenvalue weighted by atomic mass is 15.2. The van der Waals surface area contributed by atoms with Gasteiger partial charge in [-0.2, -0.15) is 0 Å². The van der Waals surface area contributed by atoms with Gasteiger partial charge in [-0.3, -0.25) is 0 Å². The van der Waals surface area contributed by atoms with Crippen LogP contribution in [0.15, 0.2) is 24.3 Å². The Morgan fingerprint density at radius 3 is 2.93 bits per heavy atom. The normalized spacial score (nSPS) is 25.2. The molecule has 0 spiro atoms. The van der Waals surface area contributed by atoms with Crippen LogP contribution in [0.3, 0.4) is 0 Å². The summed E-state index contributed by atoms with van der Waals surface area (Å²) in [5.74, 6) is 0.806. The van der Waals surface area contributed by atoms with E-state index in [1.54, 1.807) is 0 Å². The second-order valence-corrected chi connectivity index (χ2v) is 4.76. The fourth-order valence-electron chi connectivity index (χ4n) is 2.57. The summed E-state index contributed by atoms with van der Waals surface area (Å²) in [4.78, 5) is 2.57. The van der Waals surface area contributed by atoms with E-state index >= 15 is 0 Å². The lowest BCUT2D eigenvalue weighted by Crippen LogP contribution is -2.43. The lowest BCUT2D eigenvalue weighted by molar-refractivity contribution is 0.154. The van der Waals surface area contributed by atoms with Gasteiger partial charge in [-0.1, -0.05) is 18.2 Å². The van der Waals surface area contributed by atoms with Gasteiger partial charge < -0.3 is 10.2 Å². The molecule has 0 radical (unpaired) electrons. The Morgan fingerprint density at radius 2 is 2.13 bits per heavy atom. The number of nitrogens with one attached hydrogen (secondary N) is 1. The zero-order chi connectivity index (χ0) is 10.1. The Bertz CT molecular complexity index is 344. The lowest BCUT2D eigenvalue weighted by Gasteiger charge is -2.36. The van der Waals surface area contributed by atoms with E-state index < -0.39 is 0 Å². The second-order valence-electron chi connectivity index (χ2n) is 4.76. The lowest BCUT2D eigenvalue weighted by atomic mass is 9.93. The van der Waals surface area contributed by atoms with Gasteiger partial charge >= 0.3 is 0 Å². The molecule has 1 saturated heterocycles. The molecule has 80 valence electrons. The summed E-state index contributed by atoms with van der Waals surface area (Å²) in [7, 11) is 0. The van der Waals surface area contributed by atoms with Gasteiger partial charge in [0.15, 0.2) is 0 Å². The highest BCUT2D eigenvalue weighted by molar-refractivity contribution is 5.53. The van der Waals surface area contributed by atoms with Crippen molar-refractivity contribution in [1.82, 2.24) is 4.90 Å². The molecule has 0 saturated carbocycles. The second kappa shape index (κ2) is 3.86. The first-order valence-corrected chi connectivity index (χ1v) is 5.96. The Balaban J connectivity index is 1.66. The molecule has 15 heavy (non-hydrogen) atoms. The maximum Gasteiger partial charge on any atom is 0.0372 e. The number of nitrogens with zero attached hydrogens (tertiary/aromatic N) is 1. The Morgan fingerprint density at radius 1 is 1.27 bits per heavy atom. The van der Waals surface area contributed by atoms with E-state index in [0.29, 0.717) is 0 Å². The van der Waals surface area contributed by atoms with E-state index in [0.717, 1.165) is 12.5 Å². The van der Waals surface area contributed by atoms with Crippen molar-refractivity contribution in [2.24, 2.45) is 5.92 Å². The third kappa shape index (κ3) is 1.86. The first-order valence-electron chi connectivity index (χ1n) is 5.96. The number of fused-ring (bicyclic) bond motifs is 1. The van der Waals surface area contributed by atoms with Crippen molar-refractivity contribution in [2.75, 3.05) is 31.5 Å². The van der Waals surface area contributed by atoms with Crippen molar-refractivity contribution < 1.29 is 0 Å². The molecule has 3 rings (SSSR count). The highest BCUT2D eigenvalue weighted by Crippen LogP contribution is 2.25. The number of rotatable bonds is 2. The van der Waals surface area contributed by atoms with E-state index in [-0.39, 0.29) is 0 Å². The Labute approximate surface area is 91.3 Å². The van der Waals surface area contributed by atoms with Crippen molar-refractivity contribution in [3.63, 3.8) is 0 Å². The minimum absolute atomic E-state index is 0.806. The van der Waals surface area contributed by atoms with Crippen molar-refractivity contribution in [3.05, 3.63) is 29.8 Å². The minimum Gasteiger partial charge on any atom is -0.384 e. The van der Waals surface area contributed by atoms with Crippen LogP contribution in [0.25, 0.3) is 0 Å². The first-order chi connectivity index (χ1) is 7.42. The van der Waals surface area contributed by atoms with Crippen LogP contribution in [0.1, 0.15) is 12.0 Å². The molecule has 2 aliphatic heterocycles. The molecule has 2 aliphatic rings. The van der Waals surface area contributed by atoms with Crippen LogP contribution in [0.4, 0.5) is 5.69 Å². The molecule has 1 aromatic carbocycles. The molecule has 0 amide bonds. The maximum atomic E-state index is 3.54. The Kier molecular flexibility index (Phi) is 2.37. The molecule has 1 aromatic rings. The summed E-state index contributed by atoms with van der Waals surface area (Å²) < 4.78 is 0. The van der Waals surface area contributed by atoms with Crippen LogP contribution in [0.2, 0.25) is 0 Å². The van der Waals surface area contributed by atoms with Crippen LogP contribution in [0, 0.1) is 5.92 Å². The van der Waals surface area contributed by atoms with Crippen LogP contribution in [-0.2, 0) is 6.42 Å². The molecule has 1 N–H and O–H groups in total. The largest absolute Gasteiger partial charge is 0.384 e. The summed E-state index contributed by atoms with van der Waals surface area (Å²) in [6, 6.07) is 8.70. The van der Waals surface area contributed by atoms with Crippen molar-refractivity contribution in [1.29, 1.82) is 0 Å². The number of hydrogen-bond acceptors (Lipinski definition) is 2. The Hall–Kier alpha value is -1.02. The number of hydrogen-bond donors (Lipinski definition) is 1. The predicted molar refractivity (Wildman–Crippen MR) is 63.2 cm³/mol. The fraction of sp³-hybridized carbons (Fsp3) is 0.538. The van der Waals surface area contributed by atoms with Crippen molar-refractivity contribution >= 4 is 5.69 Å². The van der Waals surface area contributed by atoms with E-state index in [2.05, 4.69) is 34.5 Å². The summed E-state index contributed by atoms with van der Waals surface area (Å²) in [5, 5.41) is 3.54. The molecule has 1 fully saturated rings. The van der Waals surface area contributed by atoms with Crippen molar-refractivity contribution in [2.45, 2.75) is 12.8 Å². The number of likely N-dealkylation sites (tertiary alicyclic amines) is 1. The third-order valence-electron chi connectivity index (χ3n) is 3.57. The predicted octanol–water partition coefficient (Wildman–Crippen LogP) is 1.98. The van der Waals surface area contributed by atoms with Gasteiger partial charge in [-0.05, 0) is 43.5 Å². The monoisotopic (exact) mass is 202 g/mol. The zero-order valence-corrected chi connectivity index (χ0v) is 9.08. The molecule has 2 heteroatoms. The molecule has 0 bridgehead atoms. The van der Waals surface area contributed by atoms with Gasteiger partial charge in [0.2, 0.25) is 0 Å². The molecule has 2 heterocycles. The molecule has 0 aromatic heterocycles. The molecule has 1 unspecified atom stereocenters. The van der Waals surface area contributed by atoms with Gasteiger partial charge in [0.05, 0.1) is 0 Å². The van der Waals surface area contributed by atoms with Gasteiger partial charge in [0.1, 0.15) is 0 Å². The number of benzene rings is 1. The summed E-state index contributed by atoms with van der Waals surface area (Å²) >= 11 is 0. The minimum atomic E-state index is 0.806. The molecular formula is C13H18N2. The van der Waals surface area contributed by atoms with Crippen LogP contribution in [0.5, 0.6) is 0 Å². The molecular weight excluding hydrogens is 184 g/mol. The van der Waals surface area contributed by atoms with Crippen LogP contribution < -0.4 is 5.32 Å². The molecule has 0 aliphatic carbocycles. The highest BCUT2D eigenvalue weighted by Gasteiger charge is 2.22. The third-order valence-corrected chi connectivity index (χ3v) is 3.57. The van der Waals surface area contributed by atoms with Gasteiger partial charge in [-0.25, -0.2) is 0 Å². The summed E-state index contributed by atoms with van der Waals surface area (Å²) in [5.41, 5.74) is 2.84. The molecule has 2 nitrogen and oxygen atoms in total. The number of anilines is 1.